The van der Waals surface area contributed by atoms with Gasteiger partial charge in [0.05, 0.1) is 29.6 Å². The Labute approximate surface area is 183 Å². The lowest BCUT2D eigenvalue weighted by molar-refractivity contribution is -0.00177. The summed E-state index contributed by atoms with van der Waals surface area (Å²) in [6.07, 6.45) is 2.93. The number of carbonyl (C=O) groups is 1. The van der Waals surface area contributed by atoms with E-state index in [9.17, 15) is 18.7 Å². The maximum absolute atomic E-state index is 14.0. The van der Waals surface area contributed by atoms with Gasteiger partial charge in [-0.3, -0.25) is 4.79 Å². The van der Waals surface area contributed by atoms with E-state index in [0.29, 0.717) is 35.8 Å². The molecule has 1 aliphatic carbocycles. The van der Waals surface area contributed by atoms with Crippen molar-refractivity contribution in [1.82, 2.24) is 24.9 Å². The van der Waals surface area contributed by atoms with E-state index in [1.807, 2.05) is 0 Å². The quantitative estimate of drug-likeness (QED) is 0.421. The van der Waals surface area contributed by atoms with Gasteiger partial charge in [-0.25, -0.2) is 23.3 Å². The molecule has 0 saturated heterocycles. The standard InChI is InChI=1S/C21H25F2N7O2/c1-21(2,32)16(23)11-25-20(31)14-10-24-18(9-15(14)27-13-7-12(22)8-13)28-17-4-6-30-19(29-17)3-5-26-30/h3-6,9-10,12-13,16,32H,7-8,11H2,1-2H3,(H,25,31)(H2,24,27,28,29)/t12?,13?,16-/m1/s1. The fourth-order valence-electron chi connectivity index (χ4n) is 3.25. The van der Waals surface area contributed by atoms with Crippen molar-refractivity contribution >= 4 is 28.9 Å². The van der Waals surface area contributed by atoms with Crippen molar-refractivity contribution in [2.45, 2.75) is 50.7 Å². The number of fused-ring (bicyclic) bond motifs is 1. The predicted molar refractivity (Wildman–Crippen MR) is 116 cm³/mol. The molecule has 11 heteroatoms. The number of hydrogen-bond acceptors (Lipinski definition) is 7. The third kappa shape index (κ3) is 4.93. The third-order valence-electron chi connectivity index (χ3n) is 5.31. The van der Waals surface area contributed by atoms with Crippen LogP contribution in [0.4, 0.5) is 26.1 Å². The van der Waals surface area contributed by atoms with Crippen LogP contribution in [0.1, 0.15) is 37.0 Å². The lowest BCUT2D eigenvalue weighted by Gasteiger charge is -2.32. The number of amides is 1. The molecule has 1 fully saturated rings. The zero-order valence-corrected chi connectivity index (χ0v) is 17.7. The van der Waals surface area contributed by atoms with Crippen molar-refractivity contribution in [3.63, 3.8) is 0 Å². The zero-order chi connectivity index (χ0) is 22.9. The van der Waals surface area contributed by atoms with Crippen molar-refractivity contribution in [2.24, 2.45) is 0 Å². The molecule has 9 nitrogen and oxygen atoms in total. The van der Waals surface area contributed by atoms with Gasteiger partial charge in [-0.2, -0.15) is 5.10 Å². The van der Waals surface area contributed by atoms with Crippen LogP contribution < -0.4 is 16.0 Å². The molecule has 0 bridgehead atoms. The first kappa shape index (κ1) is 21.9. The summed E-state index contributed by atoms with van der Waals surface area (Å²) < 4.78 is 29.0. The molecule has 1 amide bonds. The van der Waals surface area contributed by atoms with Crippen LogP contribution in [0.15, 0.2) is 36.8 Å². The molecule has 3 aromatic heterocycles. The highest BCUT2D eigenvalue weighted by Gasteiger charge is 2.30. The Kier molecular flexibility index (Phi) is 5.92. The van der Waals surface area contributed by atoms with Gasteiger partial charge in [-0.1, -0.05) is 0 Å². The van der Waals surface area contributed by atoms with Crippen molar-refractivity contribution in [1.29, 1.82) is 0 Å². The highest BCUT2D eigenvalue weighted by Crippen LogP contribution is 2.29. The zero-order valence-electron chi connectivity index (χ0n) is 17.7. The molecule has 0 aliphatic heterocycles. The number of hydrogen-bond donors (Lipinski definition) is 4. The Balaban J connectivity index is 1.53. The predicted octanol–water partition coefficient (Wildman–Crippen LogP) is 2.62. The van der Waals surface area contributed by atoms with Crippen LogP contribution in [0.3, 0.4) is 0 Å². The monoisotopic (exact) mass is 445 g/mol. The number of carbonyl (C=O) groups excluding carboxylic acids is 1. The topological polar surface area (TPSA) is 116 Å². The van der Waals surface area contributed by atoms with E-state index < -0.39 is 23.9 Å². The second kappa shape index (κ2) is 8.65. The molecule has 1 atom stereocenters. The van der Waals surface area contributed by atoms with Crippen LogP contribution in [0, 0.1) is 0 Å². The first-order chi connectivity index (χ1) is 15.2. The van der Waals surface area contributed by atoms with Crippen LogP contribution in [-0.4, -0.2) is 61.1 Å². The maximum Gasteiger partial charge on any atom is 0.255 e. The third-order valence-corrected chi connectivity index (χ3v) is 5.31. The van der Waals surface area contributed by atoms with E-state index in [1.54, 1.807) is 35.1 Å². The molecule has 3 aromatic rings. The van der Waals surface area contributed by atoms with E-state index >= 15 is 0 Å². The minimum atomic E-state index is -1.64. The molecule has 1 saturated carbocycles. The molecule has 170 valence electrons. The lowest BCUT2D eigenvalue weighted by atomic mass is 9.90. The van der Waals surface area contributed by atoms with Crippen LogP contribution >= 0.6 is 0 Å². The molecule has 1 aliphatic rings. The Morgan fingerprint density at radius 2 is 2.12 bits per heavy atom. The number of halogens is 2. The molecule has 0 spiro atoms. The molecule has 0 aromatic carbocycles. The summed E-state index contributed by atoms with van der Waals surface area (Å²) in [7, 11) is 0. The van der Waals surface area contributed by atoms with Crippen LogP contribution in [0.5, 0.6) is 0 Å². The number of alkyl halides is 2. The molecule has 4 N–H and O–H groups in total. The summed E-state index contributed by atoms with van der Waals surface area (Å²) >= 11 is 0. The summed E-state index contributed by atoms with van der Waals surface area (Å²) in [5, 5.41) is 22.6. The van der Waals surface area contributed by atoms with Crippen LogP contribution in [-0.2, 0) is 0 Å². The van der Waals surface area contributed by atoms with Crippen LogP contribution in [0.2, 0.25) is 0 Å². The van der Waals surface area contributed by atoms with Gasteiger partial charge in [0.25, 0.3) is 5.91 Å². The second-order valence-corrected chi connectivity index (χ2v) is 8.43. The van der Waals surface area contributed by atoms with Gasteiger partial charge in [0.15, 0.2) is 5.65 Å². The van der Waals surface area contributed by atoms with Crippen LogP contribution in [0.25, 0.3) is 5.65 Å². The first-order valence-electron chi connectivity index (χ1n) is 10.3. The summed E-state index contributed by atoms with van der Waals surface area (Å²) in [4.78, 5) is 21.4. The first-order valence-corrected chi connectivity index (χ1v) is 10.3. The lowest BCUT2D eigenvalue weighted by Crippen LogP contribution is -2.42. The highest BCUT2D eigenvalue weighted by molar-refractivity contribution is 5.99. The Bertz CT molecular complexity index is 1110. The largest absolute Gasteiger partial charge is 0.387 e. The summed E-state index contributed by atoms with van der Waals surface area (Å²) in [5.74, 6) is 0.413. The van der Waals surface area contributed by atoms with Crippen molar-refractivity contribution < 1.29 is 18.7 Å². The molecule has 32 heavy (non-hydrogen) atoms. The van der Waals surface area contributed by atoms with Gasteiger partial charge in [0, 0.05) is 30.6 Å². The highest BCUT2D eigenvalue weighted by atomic mass is 19.1. The molecule has 0 radical (unpaired) electrons. The Hall–Kier alpha value is -3.34. The number of nitrogens with zero attached hydrogens (tertiary/aromatic N) is 4. The minimum absolute atomic E-state index is 0.113. The van der Waals surface area contributed by atoms with E-state index in [2.05, 4.69) is 31.0 Å². The van der Waals surface area contributed by atoms with E-state index in [-0.39, 0.29) is 18.2 Å². The van der Waals surface area contributed by atoms with Crippen molar-refractivity contribution in [2.75, 3.05) is 17.2 Å². The second-order valence-electron chi connectivity index (χ2n) is 8.43. The van der Waals surface area contributed by atoms with E-state index in [4.69, 9.17) is 0 Å². The number of anilines is 3. The van der Waals surface area contributed by atoms with Gasteiger partial charge in [0.1, 0.15) is 24.0 Å². The SMILES string of the molecule is CC(C)(O)[C@H](F)CNC(=O)c1cnc(Nc2ccn3nccc3n2)cc1NC1CC(F)C1. The van der Waals surface area contributed by atoms with Gasteiger partial charge in [-0.15, -0.1) is 0 Å². The fourth-order valence-corrected chi connectivity index (χ4v) is 3.25. The van der Waals surface area contributed by atoms with Gasteiger partial charge < -0.3 is 21.1 Å². The normalized spacial score (nSPS) is 19.3. The van der Waals surface area contributed by atoms with E-state index in [1.165, 1.54) is 20.0 Å². The Morgan fingerprint density at radius 1 is 1.34 bits per heavy atom. The average molecular weight is 445 g/mol. The smallest absolute Gasteiger partial charge is 0.255 e. The summed E-state index contributed by atoms with van der Waals surface area (Å²) in [6, 6.07) is 5.01. The number of pyridine rings is 1. The molecule has 4 rings (SSSR count). The fraction of sp³-hybridized carbons (Fsp3) is 0.429. The number of nitrogens with one attached hydrogen (secondary N) is 3. The van der Waals surface area contributed by atoms with E-state index in [0.717, 1.165) is 0 Å². The average Bonchev–Trinajstić information content (AvgIpc) is 3.18. The minimum Gasteiger partial charge on any atom is -0.387 e. The van der Waals surface area contributed by atoms with Crippen molar-refractivity contribution in [3.8, 4) is 0 Å². The maximum atomic E-state index is 14.0. The number of rotatable bonds is 8. The molecular formula is C21H25F2N7O2. The summed E-state index contributed by atoms with van der Waals surface area (Å²) in [5.41, 5.74) is -0.284. The summed E-state index contributed by atoms with van der Waals surface area (Å²) in [6.45, 7) is 2.31. The Morgan fingerprint density at radius 3 is 2.84 bits per heavy atom. The number of aliphatic hydroxyl groups is 1. The molecule has 0 unspecified atom stereocenters. The van der Waals surface area contributed by atoms with Gasteiger partial charge in [-0.05, 0) is 32.8 Å². The number of aromatic nitrogens is 4. The van der Waals surface area contributed by atoms with Gasteiger partial charge >= 0.3 is 0 Å². The van der Waals surface area contributed by atoms with Crippen molar-refractivity contribution in [3.05, 3.63) is 42.4 Å². The molecular weight excluding hydrogens is 420 g/mol. The molecule has 3 heterocycles. The van der Waals surface area contributed by atoms with Gasteiger partial charge in [0.2, 0.25) is 0 Å².